The van der Waals surface area contributed by atoms with Crippen LogP contribution in [0.4, 0.5) is 10.1 Å². The molecule has 160 valence electrons. The zero-order valence-electron chi connectivity index (χ0n) is 16.9. The number of rotatable bonds is 7. The quantitative estimate of drug-likeness (QED) is 0.564. The van der Waals surface area contributed by atoms with Crippen LogP contribution in [-0.4, -0.2) is 22.0 Å². The Hall–Kier alpha value is -3.48. The number of nitrogens with one attached hydrogen (secondary N) is 1. The molecule has 0 bridgehead atoms. The van der Waals surface area contributed by atoms with Crippen molar-refractivity contribution in [1.29, 1.82) is 0 Å². The summed E-state index contributed by atoms with van der Waals surface area (Å²) < 4.78 is 19.2. The van der Waals surface area contributed by atoms with Gasteiger partial charge in [0.2, 0.25) is 5.91 Å². The molecule has 1 aromatic heterocycles. The topological polar surface area (TPSA) is 88.5 Å². The number of amides is 1. The number of aromatic nitrogens is 1. The van der Waals surface area contributed by atoms with Crippen molar-refractivity contribution in [1.82, 2.24) is 4.98 Å². The molecule has 1 aliphatic rings. The van der Waals surface area contributed by atoms with Crippen LogP contribution in [0.1, 0.15) is 37.8 Å². The lowest BCUT2D eigenvalue weighted by molar-refractivity contribution is -0.150. The highest BCUT2D eigenvalue weighted by Gasteiger charge is 2.42. The van der Waals surface area contributed by atoms with Crippen molar-refractivity contribution in [2.75, 3.05) is 5.32 Å². The third-order valence-electron chi connectivity index (χ3n) is 5.73. The predicted octanol–water partition coefficient (Wildman–Crippen LogP) is 4.93. The maximum absolute atomic E-state index is 13.4. The summed E-state index contributed by atoms with van der Waals surface area (Å²) in [5.74, 6) is -1.03. The third-order valence-corrected chi connectivity index (χ3v) is 5.73. The lowest BCUT2D eigenvalue weighted by Crippen LogP contribution is -2.32. The first kappa shape index (κ1) is 20.8. The molecule has 0 radical (unpaired) electrons. The molecule has 7 heteroatoms. The van der Waals surface area contributed by atoms with E-state index >= 15 is 0 Å². The largest absolute Gasteiger partial charge is 0.487 e. The van der Waals surface area contributed by atoms with Crippen LogP contribution in [0.5, 0.6) is 5.75 Å². The second-order valence-electron chi connectivity index (χ2n) is 7.97. The van der Waals surface area contributed by atoms with Gasteiger partial charge in [0, 0.05) is 29.6 Å². The highest BCUT2D eigenvalue weighted by atomic mass is 19.1. The van der Waals surface area contributed by atoms with Gasteiger partial charge in [0.1, 0.15) is 18.2 Å². The molecule has 0 saturated heterocycles. The standard InChI is InChI=1S/C24H23FN2O4/c25-17-8-6-16-7-9-19(26-21(16)12-17)15-31-20-5-3-4-18(13-20)27-22(28)14-24(23(29)30)10-1-2-11-24/h3-9,12-13H,1-2,10-11,14-15H2,(H,27,28)(H,29,30). The van der Waals surface area contributed by atoms with Gasteiger partial charge >= 0.3 is 5.97 Å². The molecule has 1 amide bonds. The molecule has 0 aliphatic heterocycles. The van der Waals surface area contributed by atoms with Crippen LogP contribution in [0.2, 0.25) is 0 Å². The summed E-state index contributed by atoms with van der Waals surface area (Å²) in [5.41, 5.74) is 0.785. The number of aliphatic carboxylic acids is 1. The highest BCUT2D eigenvalue weighted by molar-refractivity contribution is 5.94. The average molecular weight is 422 g/mol. The zero-order chi connectivity index (χ0) is 21.8. The number of carboxylic acid groups (broad SMARTS) is 1. The summed E-state index contributed by atoms with van der Waals surface area (Å²) >= 11 is 0. The summed E-state index contributed by atoms with van der Waals surface area (Å²) in [7, 11) is 0. The van der Waals surface area contributed by atoms with Crippen LogP contribution in [0.25, 0.3) is 10.9 Å². The van der Waals surface area contributed by atoms with Crippen molar-refractivity contribution >= 4 is 28.5 Å². The summed E-state index contributed by atoms with van der Waals surface area (Å²) in [6, 6.07) is 15.0. The molecular formula is C24H23FN2O4. The Morgan fingerprint density at radius 3 is 2.65 bits per heavy atom. The molecule has 0 unspecified atom stereocenters. The van der Waals surface area contributed by atoms with Crippen molar-refractivity contribution < 1.29 is 23.8 Å². The van der Waals surface area contributed by atoms with Crippen molar-refractivity contribution in [2.45, 2.75) is 38.7 Å². The van der Waals surface area contributed by atoms with Crippen molar-refractivity contribution in [3.05, 3.63) is 66.1 Å². The first-order valence-electron chi connectivity index (χ1n) is 10.2. The number of carboxylic acids is 1. The fourth-order valence-electron chi connectivity index (χ4n) is 4.06. The molecule has 1 heterocycles. The number of pyridine rings is 1. The number of anilines is 1. The van der Waals surface area contributed by atoms with Gasteiger partial charge in [-0.1, -0.05) is 25.0 Å². The van der Waals surface area contributed by atoms with Gasteiger partial charge in [0.15, 0.2) is 0 Å². The number of ether oxygens (including phenoxy) is 1. The Balaban J connectivity index is 1.39. The highest BCUT2D eigenvalue weighted by Crippen LogP contribution is 2.41. The van der Waals surface area contributed by atoms with Gasteiger partial charge in [0.05, 0.1) is 16.6 Å². The van der Waals surface area contributed by atoms with E-state index in [1.807, 2.05) is 12.1 Å². The minimum absolute atomic E-state index is 0.0367. The Morgan fingerprint density at radius 1 is 1.10 bits per heavy atom. The van der Waals surface area contributed by atoms with E-state index < -0.39 is 11.4 Å². The van der Waals surface area contributed by atoms with Crippen molar-refractivity contribution in [3.63, 3.8) is 0 Å². The molecule has 31 heavy (non-hydrogen) atoms. The van der Waals surface area contributed by atoms with Crippen molar-refractivity contribution in [2.24, 2.45) is 5.41 Å². The summed E-state index contributed by atoms with van der Waals surface area (Å²) in [5, 5.41) is 13.2. The molecule has 4 rings (SSSR count). The van der Waals surface area contributed by atoms with Crippen LogP contribution in [-0.2, 0) is 16.2 Å². The van der Waals surface area contributed by atoms with E-state index in [4.69, 9.17) is 4.74 Å². The monoisotopic (exact) mass is 422 g/mol. The number of hydrogen-bond donors (Lipinski definition) is 2. The lowest BCUT2D eigenvalue weighted by atomic mass is 9.82. The van der Waals surface area contributed by atoms with Crippen LogP contribution in [0, 0.1) is 11.2 Å². The fraction of sp³-hybridized carbons (Fsp3) is 0.292. The van der Waals surface area contributed by atoms with E-state index in [2.05, 4.69) is 10.3 Å². The Morgan fingerprint density at radius 2 is 1.87 bits per heavy atom. The SMILES string of the molecule is O=C(CC1(C(=O)O)CCCC1)Nc1cccc(OCc2ccc3ccc(F)cc3n2)c1. The molecule has 0 spiro atoms. The van der Waals surface area contributed by atoms with Gasteiger partial charge in [-0.15, -0.1) is 0 Å². The Kier molecular flexibility index (Phi) is 5.84. The summed E-state index contributed by atoms with van der Waals surface area (Å²) in [6.07, 6.45) is 2.69. The summed E-state index contributed by atoms with van der Waals surface area (Å²) in [6.45, 7) is 0.186. The normalized spacial score (nSPS) is 15.0. The van der Waals surface area contributed by atoms with E-state index in [1.165, 1.54) is 12.1 Å². The van der Waals surface area contributed by atoms with E-state index in [0.29, 0.717) is 35.5 Å². The molecule has 6 nitrogen and oxygen atoms in total. The second kappa shape index (κ2) is 8.71. The molecular weight excluding hydrogens is 399 g/mol. The van der Waals surface area contributed by atoms with E-state index in [0.717, 1.165) is 18.2 Å². The minimum atomic E-state index is -0.959. The average Bonchev–Trinajstić information content (AvgIpc) is 3.22. The van der Waals surface area contributed by atoms with Crippen LogP contribution >= 0.6 is 0 Å². The first-order chi connectivity index (χ1) is 14.9. The van der Waals surface area contributed by atoms with Gasteiger partial charge in [0.25, 0.3) is 0 Å². The number of carbonyl (C=O) groups excluding carboxylic acids is 1. The van der Waals surface area contributed by atoms with E-state index in [9.17, 15) is 19.1 Å². The van der Waals surface area contributed by atoms with Gasteiger partial charge in [-0.2, -0.15) is 0 Å². The fourth-order valence-corrected chi connectivity index (χ4v) is 4.06. The van der Waals surface area contributed by atoms with Gasteiger partial charge in [-0.25, -0.2) is 9.37 Å². The molecule has 1 aliphatic carbocycles. The van der Waals surface area contributed by atoms with Gasteiger partial charge in [-0.05, 0) is 43.2 Å². The lowest BCUT2D eigenvalue weighted by Gasteiger charge is -2.22. The van der Waals surface area contributed by atoms with Crippen LogP contribution < -0.4 is 10.1 Å². The third kappa shape index (κ3) is 4.82. The predicted molar refractivity (Wildman–Crippen MR) is 114 cm³/mol. The van der Waals surface area contributed by atoms with Gasteiger partial charge < -0.3 is 15.2 Å². The zero-order valence-corrected chi connectivity index (χ0v) is 16.9. The first-order valence-corrected chi connectivity index (χ1v) is 10.2. The van der Waals surface area contributed by atoms with Crippen LogP contribution in [0.3, 0.4) is 0 Å². The smallest absolute Gasteiger partial charge is 0.310 e. The molecule has 1 fully saturated rings. The van der Waals surface area contributed by atoms with Crippen LogP contribution in [0.15, 0.2) is 54.6 Å². The van der Waals surface area contributed by atoms with E-state index in [-0.39, 0.29) is 24.8 Å². The number of carbonyl (C=O) groups is 2. The maximum Gasteiger partial charge on any atom is 0.310 e. The molecule has 2 N–H and O–H groups in total. The van der Waals surface area contributed by atoms with Crippen molar-refractivity contribution in [3.8, 4) is 5.75 Å². The maximum atomic E-state index is 13.4. The number of nitrogens with zero attached hydrogens (tertiary/aromatic N) is 1. The summed E-state index contributed by atoms with van der Waals surface area (Å²) in [4.78, 5) is 28.5. The number of hydrogen-bond acceptors (Lipinski definition) is 4. The number of benzene rings is 2. The molecule has 3 aromatic rings. The second-order valence-corrected chi connectivity index (χ2v) is 7.97. The Bertz CT molecular complexity index is 1130. The van der Waals surface area contributed by atoms with Gasteiger partial charge in [-0.3, -0.25) is 9.59 Å². The number of fused-ring (bicyclic) bond motifs is 1. The molecule has 0 atom stereocenters. The van der Waals surface area contributed by atoms with E-state index in [1.54, 1.807) is 30.3 Å². The molecule has 1 saturated carbocycles. The number of halogens is 1. The molecule has 2 aromatic carbocycles. The Labute approximate surface area is 179 Å². The minimum Gasteiger partial charge on any atom is -0.487 e.